The molecule has 3 saturated heterocycles. The molecule has 0 radical (unpaired) electrons. The molecule has 0 saturated carbocycles. The third-order valence-corrected chi connectivity index (χ3v) is 5.60. The molecular weight excluding hydrogens is 276 g/mol. The first-order valence-electron chi connectivity index (χ1n) is 8.47. The third-order valence-electron chi connectivity index (χ3n) is 5.60. The van der Waals surface area contributed by atoms with Crippen LogP contribution in [-0.2, 0) is 6.54 Å². The van der Waals surface area contributed by atoms with Crippen LogP contribution in [0, 0.1) is 0 Å². The average molecular weight is 302 g/mol. The molecule has 3 aliphatic heterocycles. The lowest BCUT2D eigenvalue weighted by Crippen LogP contribution is -2.77. The van der Waals surface area contributed by atoms with Crippen LogP contribution in [0.5, 0.6) is 0 Å². The lowest BCUT2D eigenvalue weighted by molar-refractivity contribution is -0.113. The van der Waals surface area contributed by atoms with Gasteiger partial charge in [0.05, 0.1) is 11.6 Å². The highest BCUT2D eigenvalue weighted by atomic mass is 16.3. The zero-order valence-corrected chi connectivity index (χ0v) is 13.4. The van der Waals surface area contributed by atoms with Crippen molar-refractivity contribution in [2.75, 3.05) is 39.3 Å². The quantitative estimate of drug-likeness (QED) is 0.876. The molecule has 0 bridgehead atoms. The summed E-state index contributed by atoms with van der Waals surface area (Å²) in [5.41, 5.74) is 1.55. The molecule has 1 aromatic rings. The van der Waals surface area contributed by atoms with Gasteiger partial charge >= 0.3 is 0 Å². The number of hydrogen-bond acceptors (Lipinski definition) is 5. The van der Waals surface area contributed by atoms with Crippen LogP contribution in [0.25, 0.3) is 0 Å². The predicted molar refractivity (Wildman–Crippen MR) is 85.5 cm³/mol. The first-order valence-corrected chi connectivity index (χ1v) is 8.47. The van der Waals surface area contributed by atoms with Gasteiger partial charge in [0, 0.05) is 57.7 Å². The maximum atomic E-state index is 10.1. The number of β-amino-alcohol motifs (C(OH)–C–C–N with tert-alkyl or cyclic N) is 1. The molecule has 4 heterocycles. The van der Waals surface area contributed by atoms with Gasteiger partial charge in [0.15, 0.2) is 0 Å². The molecule has 1 spiro atoms. The Morgan fingerprint density at radius 3 is 2.82 bits per heavy atom. The number of aliphatic hydroxyl groups excluding tert-OH is 1. The Kier molecular flexibility index (Phi) is 3.69. The molecule has 0 aliphatic carbocycles. The summed E-state index contributed by atoms with van der Waals surface area (Å²) in [4.78, 5) is 11.9. The van der Waals surface area contributed by atoms with E-state index in [0.29, 0.717) is 6.04 Å². The first-order chi connectivity index (χ1) is 10.7. The summed E-state index contributed by atoms with van der Waals surface area (Å²) in [6.45, 7) is 9.68. The minimum Gasteiger partial charge on any atom is -0.392 e. The molecule has 0 unspecified atom stereocenters. The van der Waals surface area contributed by atoms with E-state index >= 15 is 0 Å². The lowest BCUT2D eigenvalue weighted by atomic mass is 9.83. The Morgan fingerprint density at radius 1 is 1.27 bits per heavy atom. The fourth-order valence-corrected chi connectivity index (χ4v) is 4.68. The van der Waals surface area contributed by atoms with Crippen molar-refractivity contribution in [3.63, 3.8) is 0 Å². The summed E-state index contributed by atoms with van der Waals surface area (Å²) in [5, 5.41) is 10.1. The Bertz CT molecular complexity index is 517. The van der Waals surface area contributed by atoms with Crippen molar-refractivity contribution in [3.05, 3.63) is 30.1 Å². The van der Waals surface area contributed by atoms with Gasteiger partial charge in [0.2, 0.25) is 0 Å². The van der Waals surface area contributed by atoms with Crippen molar-refractivity contribution < 1.29 is 5.11 Å². The van der Waals surface area contributed by atoms with Crippen molar-refractivity contribution in [1.29, 1.82) is 0 Å². The summed E-state index contributed by atoms with van der Waals surface area (Å²) in [5.74, 6) is 0. The van der Waals surface area contributed by atoms with Gasteiger partial charge < -0.3 is 5.11 Å². The highest BCUT2D eigenvalue weighted by Gasteiger charge is 2.55. The zero-order chi connectivity index (χ0) is 15.2. The summed E-state index contributed by atoms with van der Waals surface area (Å²) in [6.07, 6.45) is 4.59. The molecule has 0 amide bonds. The van der Waals surface area contributed by atoms with Gasteiger partial charge in [-0.3, -0.25) is 19.7 Å². The molecule has 22 heavy (non-hydrogen) atoms. The number of likely N-dealkylation sites (N-methyl/N-ethyl adjacent to an activating group) is 1. The van der Waals surface area contributed by atoms with Crippen molar-refractivity contribution in [2.45, 2.75) is 37.6 Å². The fraction of sp³-hybridized carbons (Fsp3) is 0.706. The summed E-state index contributed by atoms with van der Waals surface area (Å²) < 4.78 is 0. The van der Waals surface area contributed by atoms with Gasteiger partial charge in [0.25, 0.3) is 0 Å². The number of hydrogen-bond donors (Lipinski definition) is 1. The third kappa shape index (κ3) is 2.46. The molecular formula is C17H26N4O. The predicted octanol–water partition coefficient (Wildman–Crippen LogP) is 0.407. The van der Waals surface area contributed by atoms with Gasteiger partial charge in [-0.15, -0.1) is 0 Å². The number of rotatable bonds is 3. The fourth-order valence-electron chi connectivity index (χ4n) is 4.68. The molecule has 1 aromatic heterocycles. The van der Waals surface area contributed by atoms with Crippen LogP contribution in [-0.4, -0.2) is 81.7 Å². The second-order valence-electron chi connectivity index (χ2n) is 7.25. The standard InChI is InChI=1S/C17H26N4O/c1-2-19-11-17(12-19)13-20(8-14-4-3-5-18-7-14)9-15-6-16(22)10-21(15)17/h3-5,7,15-16,22H,2,6,8-13H2,1H3/t15-,16-/m1/s1. The van der Waals surface area contributed by atoms with Gasteiger partial charge in [-0.2, -0.15) is 0 Å². The number of fused-ring (bicyclic) bond motifs is 2. The maximum Gasteiger partial charge on any atom is 0.0682 e. The Morgan fingerprint density at radius 2 is 2.09 bits per heavy atom. The number of pyridine rings is 1. The van der Waals surface area contributed by atoms with Crippen LogP contribution < -0.4 is 0 Å². The number of nitrogens with zero attached hydrogens (tertiary/aromatic N) is 4. The van der Waals surface area contributed by atoms with Crippen LogP contribution in [0.3, 0.4) is 0 Å². The Labute approximate surface area is 132 Å². The second-order valence-corrected chi connectivity index (χ2v) is 7.25. The molecule has 4 rings (SSSR count). The lowest BCUT2D eigenvalue weighted by Gasteiger charge is -2.61. The number of aliphatic hydroxyl groups is 1. The SMILES string of the molecule is CCN1CC2(CN(Cc3cccnc3)C[C@H]3C[C@@H](O)CN32)C1. The van der Waals surface area contributed by atoms with Crippen LogP contribution in [0.2, 0.25) is 0 Å². The van der Waals surface area contributed by atoms with E-state index in [1.54, 1.807) is 0 Å². The minimum absolute atomic E-state index is 0.143. The van der Waals surface area contributed by atoms with Crippen LogP contribution in [0.1, 0.15) is 18.9 Å². The van der Waals surface area contributed by atoms with Gasteiger partial charge in [-0.1, -0.05) is 13.0 Å². The summed E-state index contributed by atoms with van der Waals surface area (Å²) in [7, 11) is 0. The van der Waals surface area contributed by atoms with E-state index < -0.39 is 0 Å². The van der Waals surface area contributed by atoms with Crippen molar-refractivity contribution in [2.24, 2.45) is 0 Å². The number of likely N-dealkylation sites (tertiary alicyclic amines) is 1. The van der Waals surface area contributed by atoms with Gasteiger partial charge in [-0.25, -0.2) is 0 Å². The van der Waals surface area contributed by atoms with Crippen molar-refractivity contribution >= 4 is 0 Å². The highest BCUT2D eigenvalue weighted by molar-refractivity contribution is 5.15. The first kappa shape index (κ1) is 14.6. The van der Waals surface area contributed by atoms with Crippen LogP contribution >= 0.6 is 0 Å². The van der Waals surface area contributed by atoms with Gasteiger partial charge in [-0.05, 0) is 24.6 Å². The average Bonchev–Trinajstić information content (AvgIpc) is 2.85. The minimum atomic E-state index is -0.143. The normalized spacial score (nSPS) is 32.1. The Balaban J connectivity index is 1.51. The largest absolute Gasteiger partial charge is 0.392 e. The summed E-state index contributed by atoms with van der Waals surface area (Å²) >= 11 is 0. The van der Waals surface area contributed by atoms with E-state index in [1.165, 1.54) is 5.56 Å². The van der Waals surface area contributed by atoms with Gasteiger partial charge in [0.1, 0.15) is 0 Å². The number of aromatic nitrogens is 1. The topological polar surface area (TPSA) is 42.8 Å². The zero-order valence-electron chi connectivity index (χ0n) is 13.4. The van der Waals surface area contributed by atoms with E-state index in [4.69, 9.17) is 0 Å². The van der Waals surface area contributed by atoms with Crippen molar-refractivity contribution in [1.82, 2.24) is 19.7 Å². The maximum absolute atomic E-state index is 10.1. The Hall–Kier alpha value is -1.01. The molecule has 0 aromatic carbocycles. The number of piperazine rings is 1. The van der Waals surface area contributed by atoms with Crippen LogP contribution in [0.15, 0.2) is 24.5 Å². The molecule has 3 aliphatic rings. The molecule has 5 heteroatoms. The molecule has 5 nitrogen and oxygen atoms in total. The van der Waals surface area contributed by atoms with Crippen molar-refractivity contribution in [3.8, 4) is 0 Å². The monoisotopic (exact) mass is 302 g/mol. The molecule has 3 fully saturated rings. The van der Waals surface area contributed by atoms with Crippen LogP contribution in [0.4, 0.5) is 0 Å². The smallest absolute Gasteiger partial charge is 0.0682 e. The second kappa shape index (κ2) is 5.57. The summed E-state index contributed by atoms with van der Waals surface area (Å²) in [6, 6.07) is 4.69. The highest BCUT2D eigenvalue weighted by Crippen LogP contribution is 2.39. The van der Waals surface area contributed by atoms with E-state index in [2.05, 4.69) is 32.7 Å². The molecule has 2 atom stereocenters. The van der Waals surface area contributed by atoms with E-state index in [0.717, 1.165) is 52.2 Å². The van der Waals surface area contributed by atoms with E-state index in [9.17, 15) is 5.11 Å². The molecule has 120 valence electrons. The van der Waals surface area contributed by atoms with E-state index in [-0.39, 0.29) is 11.6 Å². The van der Waals surface area contributed by atoms with E-state index in [1.807, 2.05) is 18.5 Å². The molecule has 1 N–H and O–H groups in total.